The number of rotatable bonds is 7. The Morgan fingerprint density at radius 3 is 1.94 bits per heavy atom. The third-order valence-electron chi connectivity index (χ3n) is 5.46. The van der Waals surface area contributed by atoms with Crippen LogP contribution in [0.25, 0.3) is 22.3 Å². The maximum atomic E-state index is 13.3. The first-order valence-corrected chi connectivity index (χ1v) is 12.6. The van der Waals surface area contributed by atoms with Crippen LogP contribution in [0.1, 0.15) is 16.7 Å². The second-order valence-electron chi connectivity index (χ2n) is 8.21. The van der Waals surface area contributed by atoms with E-state index in [1.807, 2.05) is 56.3 Å². The highest BCUT2D eigenvalue weighted by Gasteiger charge is 2.15. The highest BCUT2D eigenvalue weighted by molar-refractivity contribution is 7.86. The second-order valence-corrected chi connectivity index (χ2v) is 9.79. The minimum atomic E-state index is -3.76. The predicted octanol–water partition coefficient (Wildman–Crippen LogP) is 6.69. The highest BCUT2D eigenvalue weighted by atomic mass is 32.2. The van der Waals surface area contributed by atoms with Crippen molar-refractivity contribution >= 4 is 10.1 Å². The normalized spacial score (nSPS) is 11.3. The third kappa shape index (κ3) is 5.64. The van der Waals surface area contributed by atoms with Gasteiger partial charge in [0.15, 0.2) is 11.5 Å². The molecule has 0 unspecified atom stereocenters. The summed E-state index contributed by atoms with van der Waals surface area (Å²) in [5.41, 5.74) is 6.65. The van der Waals surface area contributed by atoms with Crippen molar-refractivity contribution < 1.29 is 21.7 Å². The fourth-order valence-corrected chi connectivity index (χ4v) is 4.28. The Labute approximate surface area is 199 Å². The first kappa shape index (κ1) is 23.5. The van der Waals surface area contributed by atoms with Crippen molar-refractivity contribution in [2.24, 2.45) is 0 Å². The minimum absolute atomic E-state index is 0.135. The average molecular weight is 477 g/mol. The van der Waals surface area contributed by atoms with Crippen molar-refractivity contribution in [2.45, 2.75) is 20.5 Å². The molecule has 0 radical (unpaired) electrons. The van der Waals surface area contributed by atoms with Crippen molar-refractivity contribution in [1.82, 2.24) is 0 Å². The SMILES string of the molecule is Cc1cc(-c2ccc(OCc3ccccc3)c(OS(C)(=O)=O)c2)c(C)cc1-c1ccc(F)cc1. The first-order chi connectivity index (χ1) is 16.2. The molecular formula is C28H25FO4S. The Hall–Kier alpha value is -3.64. The van der Waals surface area contributed by atoms with Gasteiger partial charge in [-0.15, -0.1) is 0 Å². The van der Waals surface area contributed by atoms with E-state index in [1.54, 1.807) is 24.3 Å². The predicted molar refractivity (Wildman–Crippen MR) is 133 cm³/mol. The molecule has 4 aromatic carbocycles. The Morgan fingerprint density at radius 2 is 1.32 bits per heavy atom. The van der Waals surface area contributed by atoms with Gasteiger partial charge in [0.2, 0.25) is 0 Å². The van der Waals surface area contributed by atoms with Gasteiger partial charge in [-0.1, -0.05) is 60.7 Å². The van der Waals surface area contributed by atoms with Gasteiger partial charge in [0.25, 0.3) is 0 Å². The number of benzene rings is 4. The zero-order valence-corrected chi connectivity index (χ0v) is 20.0. The third-order valence-corrected chi connectivity index (χ3v) is 5.94. The van der Waals surface area contributed by atoms with Gasteiger partial charge < -0.3 is 8.92 Å². The molecule has 0 amide bonds. The van der Waals surface area contributed by atoms with Gasteiger partial charge in [0.05, 0.1) is 6.26 Å². The fraction of sp³-hybridized carbons (Fsp3) is 0.143. The Morgan fingerprint density at radius 1 is 0.735 bits per heavy atom. The zero-order chi connectivity index (χ0) is 24.3. The maximum absolute atomic E-state index is 13.3. The van der Waals surface area contributed by atoms with Crippen molar-refractivity contribution in [3.8, 4) is 33.8 Å². The van der Waals surface area contributed by atoms with Crippen LogP contribution in [0.15, 0.2) is 84.9 Å². The Kier molecular flexibility index (Phi) is 6.70. The van der Waals surface area contributed by atoms with Crippen LogP contribution in [0.2, 0.25) is 0 Å². The van der Waals surface area contributed by atoms with Crippen molar-refractivity contribution in [3.05, 3.63) is 107 Å². The molecule has 4 nitrogen and oxygen atoms in total. The van der Waals surface area contributed by atoms with Gasteiger partial charge in [-0.3, -0.25) is 0 Å². The maximum Gasteiger partial charge on any atom is 0.306 e. The standard InChI is InChI=1S/C28H25FO4S/c1-19-16-26(20(2)15-25(19)22-9-12-24(29)13-10-22)23-11-14-27(28(17-23)33-34(3,30)31)32-18-21-7-5-4-6-8-21/h4-17H,18H2,1-3H3. The van der Waals surface area contributed by atoms with Crippen LogP contribution in [0, 0.1) is 19.7 Å². The topological polar surface area (TPSA) is 52.6 Å². The van der Waals surface area contributed by atoms with Crippen LogP contribution >= 0.6 is 0 Å². The van der Waals surface area contributed by atoms with Crippen LogP contribution in [0.4, 0.5) is 4.39 Å². The number of hydrogen-bond acceptors (Lipinski definition) is 4. The summed E-state index contributed by atoms with van der Waals surface area (Å²) < 4.78 is 48.3. The van der Waals surface area contributed by atoms with Crippen LogP contribution in [-0.4, -0.2) is 14.7 Å². The number of aryl methyl sites for hydroxylation is 2. The zero-order valence-electron chi connectivity index (χ0n) is 19.2. The molecule has 0 atom stereocenters. The Bertz CT molecular complexity index is 1410. The summed E-state index contributed by atoms with van der Waals surface area (Å²) in [4.78, 5) is 0. The second kappa shape index (κ2) is 9.69. The molecule has 0 aromatic heterocycles. The van der Waals surface area contributed by atoms with Gasteiger partial charge in [-0.05, 0) is 77.1 Å². The summed E-state index contributed by atoms with van der Waals surface area (Å²) in [6.45, 7) is 4.26. The molecule has 0 aliphatic carbocycles. The average Bonchev–Trinajstić information content (AvgIpc) is 2.80. The van der Waals surface area contributed by atoms with Crippen molar-refractivity contribution in [1.29, 1.82) is 0 Å². The molecule has 0 N–H and O–H groups in total. The summed E-state index contributed by atoms with van der Waals surface area (Å²) >= 11 is 0. The van der Waals surface area contributed by atoms with Crippen LogP contribution in [0.3, 0.4) is 0 Å². The van der Waals surface area contributed by atoms with Gasteiger partial charge >= 0.3 is 10.1 Å². The molecule has 0 saturated heterocycles. The van der Waals surface area contributed by atoms with Crippen molar-refractivity contribution in [3.63, 3.8) is 0 Å². The lowest BCUT2D eigenvalue weighted by molar-refractivity contribution is 0.296. The lowest BCUT2D eigenvalue weighted by atomic mass is 9.92. The minimum Gasteiger partial charge on any atom is -0.485 e. The molecule has 174 valence electrons. The molecule has 0 saturated carbocycles. The molecule has 34 heavy (non-hydrogen) atoms. The largest absolute Gasteiger partial charge is 0.485 e. The summed E-state index contributed by atoms with van der Waals surface area (Å²) in [5, 5.41) is 0. The highest BCUT2D eigenvalue weighted by Crippen LogP contribution is 2.37. The molecule has 0 bridgehead atoms. The fourth-order valence-electron chi connectivity index (χ4n) is 3.83. The van der Waals surface area contributed by atoms with E-state index >= 15 is 0 Å². The van der Waals surface area contributed by atoms with E-state index in [1.165, 1.54) is 12.1 Å². The van der Waals surface area contributed by atoms with Gasteiger partial charge in [0, 0.05) is 0 Å². The van der Waals surface area contributed by atoms with Gasteiger partial charge in [-0.2, -0.15) is 8.42 Å². The summed E-state index contributed by atoms with van der Waals surface area (Å²) in [6, 6.07) is 25.4. The number of hydrogen-bond donors (Lipinski definition) is 0. The lowest BCUT2D eigenvalue weighted by Gasteiger charge is -2.16. The van der Waals surface area contributed by atoms with E-state index in [9.17, 15) is 12.8 Å². The molecule has 0 fully saturated rings. The molecule has 0 heterocycles. The summed E-state index contributed by atoms with van der Waals surface area (Å²) in [5.74, 6) is 0.202. The van der Waals surface area contributed by atoms with Crippen molar-refractivity contribution in [2.75, 3.05) is 6.26 Å². The molecule has 4 rings (SSSR count). The van der Waals surface area contributed by atoms with E-state index in [2.05, 4.69) is 6.07 Å². The molecule has 0 spiro atoms. The molecule has 6 heteroatoms. The smallest absolute Gasteiger partial charge is 0.306 e. The molecule has 0 aliphatic heterocycles. The number of halogens is 1. The van der Waals surface area contributed by atoms with Crippen LogP contribution < -0.4 is 8.92 Å². The van der Waals surface area contributed by atoms with E-state index in [0.29, 0.717) is 5.75 Å². The molecule has 4 aromatic rings. The number of ether oxygens (including phenoxy) is 1. The molecule has 0 aliphatic rings. The van der Waals surface area contributed by atoms with Gasteiger partial charge in [0.1, 0.15) is 12.4 Å². The van der Waals surface area contributed by atoms with E-state index in [0.717, 1.165) is 45.2 Å². The lowest BCUT2D eigenvalue weighted by Crippen LogP contribution is -2.07. The van der Waals surface area contributed by atoms with Gasteiger partial charge in [-0.25, -0.2) is 4.39 Å². The van der Waals surface area contributed by atoms with E-state index in [4.69, 9.17) is 8.92 Å². The molecular weight excluding hydrogens is 451 g/mol. The monoisotopic (exact) mass is 476 g/mol. The van der Waals surface area contributed by atoms with Crippen LogP contribution in [-0.2, 0) is 16.7 Å². The quantitative estimate of drug-likeness (QED) is 0.279. The first-order valence-electron chi connectivity index (χ1n) is 10.8. The van der Waals surface area contributed by atoms with Crippen LogP contribution in [0.5, 0.6) is 11.5 Å². The van der Waals surface area contributed by atoms with E-state index in [-0.39, 0.29) is 18.2 Å². The Balaban J connectivity index is 1.70. The summed E-state index contributed by atoms with van der Waals surface area (Å²) in [6.07, 6.45) is 1.01. The summed E-state index contributed by atoms with van der Waals surface area (Å²) in [7, 11) is -3.76. The van der Waals surface area contributed by atoms with E-state index < -0.39 is 10.1 Å².